The van der Waals surface area contributed by atoms with Gasteiger partial charge < -0.3 is 5.32 Å². The average molecular weight is 412 g/mol. The van der Waals surface area contributed by atoms with Crippen molar-refractivity contribution < 1.29 is 13.2 Å². The van der Waals surface area contributed by atoms with Gasteiger partial charge in [0, 0.05) is 5.56 Å². The van der Waals surface area contributed by atoms with Gasteiger partial charge in [0.1, 0.15) is 11.9 Å². The molecule has 29 heavy (non-hydrogen) atoms. The second-order valence-electron chi connectivity index (χ2n) is 7.92. The lowest BCUT2D eigenvalue weighted by atomic mass is 9.87. The van der Waals surface area contributed by atoms with Gasteiger partial charge in [-0.2, -0.15) is 0 Å². The van der Waals surface area contributed by atoms with E-state index >= 15 is 0 Å². The van der Waals surface area contributed by atoms with Crippen molar-refractivity contribution in [2.45, 2.75) is 50.1 Å². The van der Waals surface area contributed by atoms with E-state index in [4.69, 9.17) is 0 Å². The van der Waals surface area contributed by atoms with Gasteiger partial charge in [0.2, 0.25) is 5.91 Å². The van der Waals surface area contributed by atoms with E-state index < -0.39 is 16.1 Å². The molecule has 1 aliphatic heterocycles. The van der Waals surface area contributed by atoms with Crippen LogP contribution in [0.2, 0.25) is 0 Å². The van der Waals surface area contributed by atoms with Gasteiger partial charge in [0.25, 0.3) is 10.0 Å². The predicted octanol–water partition coefficient (Wildman–Crippen LogP) is 2.94. The molecule has 1 aliphatic carbocycles. The summed E-state index contributed by atoms with van der Waals surface area (Å²) in [5, 5.41) is 3.15. The van der Waals surface area contributed by atoms with E-state index in [1.54, 1.807) is 24.3 Å². The van der Waals surface area contributed by atoms with Crippen molar-refractivity contribution in [1.82, 2.24) is 10.0 Å². The fourth-order valence-electron chi connectivity index (χ4n) is 4.04. The molecule has 0 aromatic heterocycles. The Kier molecular flexibility index (Phi) is 5.17. The molecule has 1 amide bonds. The Hall–Kier alpha value is -2.67. The number of carbonyl (C=O) groups is 1. The molecule has 2 aromatic carbocycles. The van der Waals surface area contributed by atoms with Crippen LogP contribution in [0, 0.1) is 5.92 Å². The van der Waals surface area contributed by atoms with Gasteiger partial charge in [-0.15, -0.1) is 0 Å². The van der Waals surface area contributed by atoms with Crippen molar-refractivity contribution >= 4 is 21.8 Å². The topological polar surface area (TPSA) is 87.6 Å². The number of hydrogen-bond acceptors (Lipinski definition) is 4. The summed E-state index contributed by atoms with van der Waals surface area (Å²) in [7, 11) is -3.63. The number of benzene rings is 2. The van der Waals surface area contributed by atoms with Crippen molar-refractivity contribution in [2.24, 2.45) is 10.9 Å². The summed E-state index contributed by atoms with van der Waals surface area (Å²) in [4.78, 5) is 17.9. The molecular formula is C22H25N3O3S. The van der Waals surface area contributed by atoms with E-state index in [2.05, 4.69) is 27.2 Å². The molecule has 0 bridgehead atoms. The number of fused-ring (bicyclic) bond motifs is 2. The summed E-state index contributed by atoms with van der Waals surface area (Å²) in [5.41, 5.74) is 2.94. The number of amides is 1. The lowest BCUT2D eigenvalue weighted by molar-refractivity contribution is -0.124. The monoisotopic (exact) mass is 411 g/mol. The Bertz CT molecular complexity index is 1080. The van der Waals surface area contributed by atoms with Gasteiger partial charge in [-0.1, -0.05) is 50.2 Å². The summed E-state index contributed by atoms with van der Waals surface area (Å²) in [6, 6.07) is 14.2. The van der Waals surface area contributed by atoms with Gasteiger partial charge in [-0.3, -0.25) is 14.5 Å². The summed E-state index contributed by atoms with van der Waals surface area (Å²) >= 11 is 0. The number of amidine groups is 1. The number of rotatable bonds is 4. The van der Waals surface area contributed by atoms with Gasteiger partial charge in [0.05, 0.1) is 10.9 Å². The third kappa shape index (κ3) is 3.79. The Labute approximate surface area is 171 Å². The third-order valence-corrected chi connectivity index (χ3v) is 6.91. The molecule has 2 aliphatic rings. The van der Waals surface area contributed by atoms with E-state index in [9.17, 15) is 13.2 Å². The minimum absolute atomic E-state index is 0.0403. The molecule has 1 heterocycles. The minimum Gasteiger partial charge on any atom is -0.347 e. The second-order valence-corrected chi connectivity index (χ2v) is 9.57. The van der Waals surface area contributed by atoms with Crippen LogP contribution in [-0.2, 0) is 21.2 Å². The second kappa shape index (κ2) is 7.63. The van der Waals surface area contributed by atoms with Crippen LogP contribution in [-0.4, -0.2) is 26.2 Å². The van der Waals surface area contributed by atoms with Crippen molar-refractivity contribution in [3.63, 3.8) is 0 Å². The standard InChI is InChI=1S/C22H25N3O3S/c1-14(2)20(24-21-17-11-5-6-13-19(17)29(27,28)25-21)22(26)23-18-12-7-9-15-8-3-4-10-16(15)18/h3-6,8,10-11,13-14,18,20H,7,9,12H2,1-2H3,(H,23,26)(H,24,25)/t18?,20-/m0/s1. The van der Waals surface area contributed by atoms with Crippen LogP contribution in [0.5, 0.6) is 0 Å². The van der Waals surface area contributed by atoms with E-state index in [1.165, 1.54) is 5.56 Å². The molecule has 0 saturated heterocycles. The fourth-order valence-corrected chi connectivity index (χ4v) is 5.28. The zero-order valence-corrected chi connectivity index (χ0v) is 17.4. The third-order valence-electron chi connectivity index (χ3n) is 5.52. The van der Waals surface area contributed by atoms with Crippen LogP contribution >= 0.6 is 0 Å². The van der Waals surface area contributed by atoms with Crippen LogP contribution in [0.1, 0.15) is 49.4 Å². The van der Waals surface area contributed by atoms with E-state index in [0.717, 1.165) is 24.8 Å². The summed E-state index contributed by atoms with van der Waals surface area (Å²) in [6.45, 7) is 3.83. The Morgan fingerprint density at radius 2 is 1.86 bits per heavy atom. The normalized spacial score (nSPS) is 21.9. The van der Waals surface area contributed by atoms with Crippen LogP contribution in [0.15, 0.2) is 58.4 Å². The van der Waals surface area contributed by atoms with Crippen LogP contribution in [0.4, 0.5) is 0 Å². The van der Waals surface area contributed by atoms with Crippen LogP contribution in [0.3, 0.4) is 0 Å². The van der Waals surface area contributed by atoms with Gasteiger partial charge in [-0.05, 0) is 48.4 Å². The first kappa shape index (κ1) is 19.6. The molecule has 2 atom stereocenters. The maximum atomic E-state index is 13.1. The highest BCUT2D eigenvalue weighted by Gasteiger charge is 2.33. The van der Waals surface area contributed by atoms with E-state index in [-0.39, 0.29) is 28.6 Å². The molecule has 2 aromatic rings. The SMILES string of the molecule is CC(C)[C@H](N=C1NS(=O)(=O)c2ccccc21)C(=O)NC1CCCc2ccccc21. The lowest BCUT2D eigenvalue weighted by Gasteiger charge is -2.28. The highest BCUT2D eigenvalue weighted by atomic mass is 32.2. The van der Waals surface area contributed by atoms with Crippen LogP contribution in [0.25, 0.3) is 0 Å². The first-order valence-electron chi connectivity index (χ1n) is 9.95. The van der Waals surface area contributed by atoms with Crippen LogP contribution < -0.4 is 10.0 Å². The zero-order chi connectivity index (χ0) is 20.6. The molecule has 0 radical (unpaired) electrons. The Morgan fingerprint density at radius 3 is 2.66 bits per heavy atom. The number of nitrogens with zero attached hydrogens (tertiary/aromatic N) is 1. The predicted molar refractivity (Wildman–Crippen MR) is 112 cm³/mol. The average Bonchev–Trinajstić information content (AvgIpc) is 2.96. The number of aliphatic imine (C=N–C) groups is 1. The molecule has 1 unspecified atom stereocenters. The van der Waals surface area contributed by atoms with Gasteiger partial charge in [0.15, 0.2) is 0 Å². The van der Waals surface area contributed by atoms with E-state index in [1.807, 2.05) is 26.0 Å². The zero-order valence-electron chi connectivity index (χ0n) is 16.6. The van der Waals surface area contributed by atoms with Crippen molar-refractivity contribution in [3.8, 4) is 0 Å². The first-order valence-corrected chi connectivity index (χ1v) is 11.4. The summed E-state index contributed by atoms with van der Waals surface area (Å²) in [6.07, 6.45) is 2.94. The number of nitrogens with one attached hydrogen (secondary N) is 2. The van der Waals surface area contributed by atoms with E-state index in [0.29, 0.717) is 5.56 Å². The Balaban J connectivity index is 1.61. The largest absolute Gasteiger partial charge is 0.347 e. The maximum absolute atomic E-state index is 13.1. The minimum atomic E-state index is -3.63. The molecule has 152 valence electrons. The van der Waals surface area contributed by atoms with Crippen molar-refractivity contribution in [2.75, 3.05) is 0 Å². The smallest absolute Gasteiger partial charge is 0.263 e. The molecule has 2 N–H and O–H groups in total. The quantitative estimate of drug-likeness (QED) is 0.811. The summed E-state index contributed by atoms with van der Waals surface area (Å²) < 4.78 is 27.2. The lowest BCUT2D eigenvalue weighted by Crippen LogP contribution is -2.41. The molecule has 6 nitrogen and oxygen atoms in total. The summed E-state index contributed by atoms with van der Waals surface area (Å²) in [5.74, 6) is -0.0325. The molecular weight excluding hydrogens is 386 g/mol. The highest BCUT2D eigenvalue weighted by Crippen LogP contribution is 2.30. The number of hydrogen-bond donors (Lipinski definition) is 2. The van der Waals surface area contributed by atoms with Crippen molar-refractivity contribution in [3.05, 3.63) is 65.2 Å². The fraction of sp³-hybridized carbons (Fsp3) is 0.364. The van der Waals surface area contributed by atoms with Gasteiger partial charge >= 0.3 is 0 Å². The number of aryl methyl sites for hydroxylation is 1. The number of carbonyl (C=O) groups excluding carboxylic acids is 1. The first-order chi connectivity index (χ1) is 13.9. The molecule has 7 heteroatoms. The van der Waals surface area contributed by atoms with Gasteiger partial charge in [-0.25, -0.2) is 8.42 Å². The molecule has 4 rings (SSSR count). The number of sulfonamides is 1. The highest BCUT2D eigenvalue weighted by molar-refractivity contribution is 7.90. The van der Waals surface area contributed by atoms with Crippen molar-refractivity contribution in [1.29, 1.82) is 0 Å². The maximum Gasteiger partial charge on any atom is 0.263 e. The molecule has 0 spiro atoms. The Morgan fingerprint density at radius 1 is 1.14 bits per heavy atom. The molecule has 0 saturated carbocycles. The molecule has 0 fully saturated rings.